The minimum absolute atomic E-state index is 0.141. The van der Waals surface area contributed by atoms with Crippen LogP contribution >= 0.6 is 50.8 Å². The summed E-state index contributed by atoms with van der Waals surface area (Å²) in [7, 11) is -0.919. The summed E-state index contributed by atoms with van der Waals surface area (Å²) in [5.74, 6) is 0.558. The second-order valence-corrected chi connectivity index (χ2v) is 8.04. The largest absolute Gasteiger partial charge is 0.460 e. The van der Waals surface area contributed by atoms with Crippen LogP contribution in [0.2, 0.25) is 0 Å². The van der Waals surface area contributed by atoms with Crippen LogP contribution in [-0.2, 0) is 18.6 Å². The molecule has 1 atom stereocenters. The van der Waals surface area contributed by atoms with Gasteiger partial charge in [0.15, 0.2) is 0 Å². The molecule has 0 aliphatic carbocycles. The number of esters is 1. The van der Waals surface area contributed by atoms with E-state index in [-0.39, 0.29) is 12.0 Å². The summed E-state index contributed by atoms with van der Waals surface area (Å²) in [5.41, 5.74) is 0.141. The van der Waals surface area contributed by atoms with Gasteiger partial charge >= 0.3 is 5.97 Å². The molecule has 1 fully saturated rings. The molecule has 0 bridgehead atoms. The number of hydrogen-bond acceptors (Lipinski definition) is 5. The molecular weight excluding hydrogens is 407 g/mol. The predicted molar refractivity (Wildman–Crippen MR) is 82.5 cm³/mol. The molecule has 1 heterocycles. The van der Waals surface area contributed by atoms with Crippen LogP contribution in [0, 0.1) is 5.41 Å². The second-order valence-electron chi connectivity index (χ2n) is 3.74. The van der Waals surface area contributed by atoms with Crippen molar-refractivity contribution >= 4 is 56.8 Å². The van der Waals surface area contributed by atoms with Crippen LogP contribution < -0.4 is 0 Å². The molecule has 0 amide bonds. The molecular formula is C10H15Br2O4PS. The third-order valence-corrected chi connectivity index (χ3v) is 7.93. The van der Waals surface area contributed by atoms with Gasteiger partial charge in [0.25, 0.3) is 0 Å². The highest BCUT2D eigenvalue weighted by atomic mass is 79.9. The number of hydrogen-bond donors (Lipinski definition) is 0. The van der Waals surface area contributed by atoms with E-state index in [1.807, 2.05) is 0 Å². The molecule has 1 rings (SSSR count). The monoisotopic (exact) mass is 420 g/mol. The molecule has 0 aromatic heterocycles. The minimum Gasteiger partial charge on any atom is -0.460 e. The average Bonchev–Trinajstić information content (AvgIpc) is 2.44. The van der Waals surface area contributed by atoms with Gasteiger partial charge in [-0.05, 0) is 0 Å². The topological polar surface area (TPSA) is 44.8 Å². The molecule has 8 heteroatoms. The van der Waals surface area contributed by atoms with E-state index >= 15 is 0 Å². The van der Waals surface area contributed by atoms with E-state index in [4.69, 9.17) is 13.8 Å². The Labute approximate surface area is 129 Å². The zero-order valence-electron chi connectivity index (χ0n) is 9.77. The third kappa shape index (κ3) is 5.47. The Hall–Kier alpha value is 0.870. The van der Waals surface area contributed by atoms with Gasteiger partial charge in [-0.3, -0.25) is 0 Å². The average molecular weight is 422 g/mol. The SMILES string of the molecule is C=CC(=O)OCCOP1OCC(CBr)(CBr)CS1. The number of ether oxygens (including phenoxy) is 1. The predicted octanol–water partition coefficient (Wildman–Crippen LogP) is 3.50. The van der Waals surface area contributed by atoms with Crippen molar-refractivity contribution < 1.29 is 18.6 Å². The van der Waals surface area contributed by atoms with Crippen molar-refractivity contribution in [3.63, 3.8) is 0 Å². The Morgan fingerprint density at radius 3 is 2.72 bits per heavy atom. The van der Waals surface area contributed by atoms with Gasteiger partial charge in [0.1, 0.15) is 6.61 Å². The van der Waals surface area contributed by atoms with Gasteiger partial charge in [-0.1, -0.05) is 49.8 Å². The summed E-state index contributed by atoms with van der Waals surface area (Å²) >= 11 is 8.71. The molecule has 1 saturated heterocycles. The summed E-state index contributed by atoms with van der Waals surface area (Å²) in [6, 6.07) is 0. The Morgan fingerprint density at radius 1 is 1.50 bits per heavy atom. The fourth-order valence-electron chi connectivity index (χ4n) is 1.04. The van der Waals surface area contributed by atoms with Crippen LogP contribution in [0.5, 0.6) is 0 Å². The van der Waals surface area contributed by atoms with Gasteiger partial charge in [0, 0.05) is 27.9 Å². The van der Waals surface area contributed by atoms with Crippen molar-refractivity contribution in [1.82, 2.24) is 0 Å². The highest BCUT2D eigenvalue weighted by Crippen LogP contribution is 2.58. The smallest absolute Gasteiger partial charge is 0.330 e. The van der Waals surface area contributed by atoms with Gasteiger partial charge in [0.2, 0.25) is 7.58 Å². The summed E-state index contributed by atoms with van der Waals surface area (Å²) in [5, 5.41) is 1.80. The number of alkyl halides is 2. The molecule has 0 aromatic carbocycles. The molecule has 0 radical (unpaired) electrons. The Bertz CT molecular complexity index is 279. The van der Waals surface area contributed by atoms with Crippen molar-refractivity contribution in [2.24, 2.45) is 5.41 Å². The van der Waals surface area contributed by atoms with Crippen LogP contribution in [0.25, 0.3) is 0 Å². The lowest BCUT2D eigenvalue weighted by atomic mass is 9.98. The zero-order valence-corrected chi connectivity index (χ0v) is 14.7. The van der Waals surface area contributed by atoms with Gasteiger partial charge in [0.05, 0.1) is 13.2 Å². The van der Waals surface area contributed by atoms with Crippen LogP contribution in [0.4, 0.5) is 0 Å². The van der Waals surface area contributed by atoms with Gasteiger partial charge < -0.3 is 13.8 Å². The second kappa shape index (κ2) is 8.93. The van der Waals surface area contributed by atoms with E-state index in [2.05, 4.69) is 38.4 Å². The molecule has 104 valence electrons. The maximum atomic E-state index is 10.8. The zero-order chi connectivity index (χ0) is 13.4. The van der Waals surface area contributed by atoms with E-state index in [0.717, 1.165) is 22.5 Å². The van der Waals surface area contributed by atoms with Crippen molar-refractivity contribution in [2.75, 3.05) is 36.2 Å². The molecule has 18 heavy (non-hydrogen) atoms. The fourth-order valence-corrected chi connectivity index (χ4v) is 6.67. The van der Waals surface area contributed by atoms with Crippen molar-refractivity contribution in [3.05, 3.63) is 12.7 Å². The Morgan fingerprint density at radius 2 is 2.22 bits per heavy atom. The number of carbonyl (C=O) groups is 1. The maximum Gasteiger partial charge on any atom is 0.330 e. The van der Waals surface area contributed by atoms with Crippen LogP contribution in [0.1, 0.15) is 0 Å². The summed E-state index contributed by atoms with van der Waals surface area (Å²) in [4.78, 5) is 10.8. The van der Waals surface area contributed by atoms with Crippen LogP contribution in [0.3, 0.4) is 0 Å². The summed E-state index contributed by atoms with van der Waals surface area (Å²) < 4.78 is 16.0. The van der Waals surface area contributed by atoms with E-state index in [1.54, 1.807) is 11.4 Å². The van der Waals surface area contributed by atoms with Crippen LogP contribution in [0.15, 0.2) is 12.7 Å². The van der Waals surface area contributed by atoms with E-state index in [0.29, 0.717) is 13.2 Å². The molecule has 0 saturated carbocycles. The van der Waals surface area contributed by atoms with Gasteiger partial charge in [-0.15, -0.1) is 0 Å². The lowest BCUT2D eigenvalue weighted by molar-refractivity contribution is -0.138. The first-order chi connectivity index (χ1) is 8.65. The molecule has 1 aliphatic heterocycles. The lowest BCUT2D eigenvalue weighted by Gasteiger charge is -2.35. The standard InChI is InChI=1S/C10H15Br2O4PS/c1-2-9(13)14-3-4-15-17-16-7-10(5-11,6-12)8-18-17/h2H,1,3-8H2. The number of carbonyl (C=O) groups excluding carboxylic acids is 1. The third-order valence-electron chi connectivity index (χ3n) is 2.21. The van der Waals surface area contributed by atoms with Gasteiger partial charge in [-0.25, -0.2) is 4.79 Å². The van der Waals surface area contributed by atoms with Crippen molar-refractivity contribution in [1.29, 1.82) is 0 Å². The number of halogens is 2. The van der Waals surface area contributed by atoms with Crippen molar-refractivity contribution in [3.8, 4) is 0 Å². The first kappa shape index (κ1) is 16.9. The number of rotatable bonds is 7. The van der Waals surface area contributed by atoms with Gasteiger partial charge in [-0.2, -0.15) is 0 Å². The van der Waals surface area contributed by atoms with E-state index in [9.17, 15) is 4.79 Å². The molecule has 0 spiro atoms. The highest BCUT2D eigenvalue weighted by molar-refractivity contribution is 9.09. The summed E-state index contributed by atoms with van der Waals surface area (Å²) in [6.45, 7) is 4.58. The van der Waals surface area contributed by atoms with Crippen LogP contribution in [-0.4, -0.2) is 42.2 Å². The summed E-state index contributed by atoms with van der Waals surface area (Å²) in [6.07, 6.45) is 1.14. The Balaban J connectivity index is 2.16. The Kier molecular flexibility index (Phi) is 8.39. The first-order valence-electron chi connectivity index (χ1n) is 5.26. The molecule has 0 aromatic rings. The molecule has 0 N–H and O–H groups in total. The maximum absolute atomic E-state index is 10.8. The quantitative estimate of drug-likeness (QED) is 0.207. The highest BCUT2D eigenvalue weighted by Gasteiger charge is 2.36. The van der Waals surface area contributed by atoms with E-state index < -0.39 is 13.5 Å². The molecule has 4 nitrogen and oxygen atoms in total. The van der Waals surface area contributed by atoms with E-state index in [1.165, 1.54) is 0 Å². The normalized spacial score (nSPS) is 22.4. The minimum atomic E-state index is -0.919. The van der Waals surface area contributed by atoms with Crippen molar-refractivity contribution in [2.45, 2.75) is 0 Å². The first-order valence-corrected chi connectivity index (χ1v) is 10.3. The molecule has 1 aliphatic rings. The fraction of sp³-hybridized carbons (Fsp3) is 0.700. The molecule has 1 unspecified atom stereocenters. The lowest BCUT2D eigenvalue weighted by Crippen LogP contribution is -2.35.